The molecule has 0 fully saturated rings. The number of hydrogen-bond donors (Lipinski definition) is 0. The van der Waals surface area contributed by atoms with Gasteiger partial charge in [0.2, 0.25) is 0 Å². The topological polar surface area (TPSA) is 60.8 Å². The molecule has 252 valence electrons. The second kappa shape index (κ2) is 11.9. The maximum Gasteiger partial charge on any atom is 0.164 e. The summed E-state index contributed by atoms with van der Waals surface area (Å²) in [6.07, 6.45) is 3.77. The van der Waals surface area contributed by atoms with Crippen LogP contribution in [0.4, 0.5) is 0 Å². The van der Waals surface area contributed by atoms with E-state index in [1.165, 1.54) is 22.3 Å². The van der Waals surface area contributed by atoms with Crippen LogP contribution in [0.2, 0.25) is 0 Å². The van der Waals surface area contributed by atoms with Crippen molar-refractivity contribution in [3.8, 4) is 67.9 Å². The monoisotopic (exact) mass is 690 g/mol. The highest BCUT2D eigenvalue weighted by Crippen LogP contribution is 2.62. The van der Waals surface area contributed by atoms with Crippen LogP contribution in [-0.4, -0.2) is 19.9 Å². The SMILES string of the molecule is c1ccc(-c2nc(-c3ccccc3)nc(-c3ccc4c(c3)Oc3cc(-c5cccc6cnccc56)ccc3C43c4ccccc4-c4ccccc43)n2)cc1. The smallest absolute Gasteiger partial charge is 0.164 e. The molecule has 0 saturated heterocycles. The molecule has 5 heteroatoms. The fraction of sp³-hybridized carbons (Fsp3) is 0.0204. The van der Waals surface area contributed by atoms with E-state index < -0.39 is 5.41 Å². The van der Waals surface area contributed by atoms with Crippen LogP contribution in [0.3, 0.4) is 0 Å². The lowest BCUT2D eigenvalue weighted by atomic mass is 9.66. The predicted octanol–water partition coefficient (Wildman–Crippen LogP) is 11.6. The fourth-order valence-electron chi connectivity index (χ4n) is 8.53. The second-order valence-electron chi connectivity index (χ2n) is 13.8. The molecule has 0 bridgehead atoms. The zero-order valence-corrected chi connectivity index (χ0v) is 29.0. The maximum absolute atomic E-state index is 7.08. The average molecular weight is 691 g/mol. The van der Waals surface area contributed by atoms with E-state index in [0.717, 1.165) is 61.2 Å². The van der Waals surface area contributed by atoms with Crippen molar-refractivity contribution in [2.45, 2.75) is 5.41 Å². The van der Waals surface area contributed by atoms with Gasteiger partial charge in [0.05, 0.1) is 5.41 Å². The van der Waals surface area contributed by atoms with Crippen molar-refractivity contribution in [3.63, 3.8) is 0 Å². The minimum absolute atomic E-state index is 0.583. The number of benzene rings is 7. The Morgan fingerprint density at radius 1 is 0.389 bits per heavy atom. The van der Waals surface area contributed by atoms with Crippen LogP contribution in [0.1, 0.15) is 22.3 Å². The molecule has 2 aromatic heterocycles. The molecule has 5 nitrogen and oxygen atoms in total. The number of aromatic nitrogens is 4. The van der Waals surface area contributed by atoms with Crippen LogP contribution >= 0.6 is 0 Å². The van der Waals surface area contributed by atoms with Gasteiger partial charge >= 0.3 is 0 Å². The van der Waals surface area contributed by atoms with Crippen LogP contribution in [-0.2, 0) is 5.41 Å². The van der Waals surface area contributed by atoms with Crippen molar-refractivity contribution in [1.29, 1.82) is 0 Å². The molecule has 3 heterocycles. The van der Waals surface area contributed by atoms with E-state index in [0.29, 0.717) is 17.5 Å². The van der Waals surface area contributed by atoms with Gasteiger partial charge in [-0.05, 0) is 57.0 Å². The third kappa shape index (κ3) is 4.52. The molecule has 1 aliphatic heterocycles. The summed E-state index contributed by atoms with van der Waals surface area (Å²) in [4.78, 5) is 19.4. The Bertz CT molecular complexity index is 2810. The third-order valence-corrected chi connectivity index (χ3v) is 10.9. The van der Waals surface area contributed by atoms with E-state index in [1.807, 2.05) is 73.1 Å². The van der Waals surface area contributed by atoms with E-state index >= 15 is 0 Å². The van der Waals surface area contributed by atoms with Crippen LogP contribution in [0.25, 0.3) is 67.2 Å². The molecule has 0 N–H and O–H groups in total. The zero-order valence-electron chi connectivity index (χ0n) is 29.0. The standard InChI is InChI=1S/C49H30N4O/c1-3-12-31(13-4-1)46-51-47(32-14-5-2-6-15-32)53-48(52-46)34-23-25-43-45(29-34)54-44-28-33(36-19-11-16-35-30-50-27-26-37(35)36)22-24-42(44)49(43)40-20-9-7-17-38(40)39-18-8-10-21-41(39)49/h1-30H. The minimum atomic E-state index is -0.598. The molecular formula is C49H30N4O. The normalized spacial score (nSPS) is 13.1. The molecule has 9 aromatic rings. The second-order valence-corrected chi connectivity index (χ2v) is 13.8. The summed E-state index contributed by atoms with van der Waals surface area (Å²) in [5.41, 5.74) is 11.5. The number of fused-ring (bicyclic) bond motifs is 10. The van der Waals surface area contributed by atoms with Gasteiger partial charge in [-0.25, -0.2) is 15.0 Å². The molecule has 0 unspecified atom stereocenters. The summed E-state index contributed by atoms with van der Waals surface area (Å²) < 4.78 is 7.08. The van der Waals surface area contributed by atoms with Gasteiger partial charge < -0.3 is 4.74 Å². The third-order valence-electron chi connectivity index (χ3n) is 10.9. The van der Waals surface area contributed by atoms with Crippen LogP contribution in [0.15, 0.2) is 182 Å². The Balaban J connectivity index is 1.15. The Morgan fingerprint density at radius 3 is 1.54 bits per heavy atom. The number of ether oxygens (including phenoxy) is 1. The van der Waals surface area contributed by atoms with Crippen molar-refractivity contribution >= 4 is 10.8 Å². The van der Waals surface area contributed by atoms with Crippen molar-refractivity contribution in [2.24, 2.45) is 0 Å². The summed E-state index contributed by atoms with van der Waals surface area (Å²) in [7, 11) is 0. The molecule has 2 aliphatic rings. The van der Waals surface area contributed by atoms with Crippen molar-refractivity contribution in [3.05, 3.63) is 205 Å². The Labute approximate surface area is 312 Å². The van der Waals surface area contributed by atoms with Gasteiger partial charge in [-0.15, -0.1) is 0 Å². The molecule has 0 amide bonds. The first-order chi connectivity index (χ1) is 26.8. The first kappa shape index (κ1) is 30.4. The van der Waals surface area contributed by atoms with E-state index in [-0.39, 0.29) is 0 Å². The average Bonchev–Trinajstić information content (AvgIpc) is 3.54. The quantitative estimate of drug-likeness (QED) is 0.184. The minimum Gasteiger partial charge on any atom is -0.457 e. The van der Waals surface area contributed by atoms with E-state index in [2.05, 4.69) is 114 Å². The van der Waals surface area contributed by atoms with Gasteiger partial charge in [0.15, 0.2) is 17.5 Å². The van der Waals surface area contributed by atoms with Crippen molar-refractivity contribution < 1.29 is 4.74 Å². The first-order valence-electron chi connectivity index (χ1n) is 18.1. The Hall–Kier alpha value is -7.24. The highest BCUT2D eigenvalue weighted by atomic mass is 16.5. The van der Waals surface area contributed by atoms with E-state index in [1.54, 1.807) is 0 Å². The summed E-state index contributed by atoms with van der Waals surface area (Å²) in [5, 5.41) is 2.25. The summed E-state index contributed by atoms with van der Waals surface area (Å²) >= 11 is 0. The summed E-state index contributed by atoms with van der Waals surface area (Å²) in [6, 6.07) is 59.4. The molecule has 0 saturated carbocycles. The highest BCUT2D eigenvalue weighted by molar-refractivity contribution is 5.97. The zero-order chi connectivity index (χ0) is 35.6. The van der Waals surface area contributed by atoms with Gasteiger partial charge in [-0.1, -0.05) is 152 Å². The maximum atomic E-state index is 7.08. The molecule has 7 aromatic carbocycles. The van der Waals surface area contributed by atoms with E-state index in [4.69, 9.17) is 19.7 Å². The fourth-order valence-corrected chi connectivity index (χ4v) is 8.53. The summed E-state index contributed by atoms with van der Waals surface area (Å²) in [6.45, 7) is 0. The van der Waals surface area contributed by atoms with Crippen molar-refractivity contribution in [2.75, 3.05) is 0 Å². The number of rotatable bonds is 4. The van der Waals surface area contributed by atoms with E-state index in [9.17, 15) is 0 Å². The lowest BCUT2D eigenvalue weighted by Gasteiger charge is -2.39. The molecule has 0 atom stereocenters. The molecule has 1 aliphatic carbocycles. The van der Waals surface area contributed by atoms with Gasteiger partial charge in [0.1, 0.15) is 11.5 Å². The number of hydrogen-bond acceptors (Lipinski definition) is 5. The number of nitrogens with zero attached hydrogens (tertiary/aromatic N) is 4. The highest BCUT2D eigenvalue weighted by Gasteiger charge is 2.51. The van der Waals surface area contributed by atoms with Crippen LogP contribution in [0.5, 0.6) is 11.5 Å². The first-order valence-corrected chi connectivity index (χ1v) is 18.1. The molecular weight excluding hydrogens is 661 g/mol. The predicted molar refractivity (Wildman–Crippen MR) is 214 cm³/mol. The van der Waals surface area contributed by atoms with Crippen LogP contribution < -0.4 is 4.74 Å². The van der Waals surface area contributed by atoms with Gasteiger partial charge in [-0.3, -0.25) is 4.98 Å². The molecule has 11 rings (SSSR count). The van der Waals surface area contributed by atoms with Crippen molar-refractivity contribution in [1.82, 2.24) is 19.9 Å². The van der Waals surface area contributed by atoms with Crippen LogP contribution in [0, 0.1) is 0 Å². The Kier molecular flexibility index (Phi) is 6.70. The number of pyridine rings is 1. The Morgan fingerprint density at radius 2 is 0.907 bits per heavy atom. The molecule has 0 radical (unpaired) electrons. The van der Waals surface area contributed by atoms with Gasteiger partial charge in [0, 0.05) is 45.6 Å². The van der Waals surface area contributed by atoms with Gasteiger partial charge in [-0.2, -0.15) is 0 Å². The molecule has 1 spiro atoms. The lowest BCUT2D eigenvalue weighted by molar-refractivity contribution is 0.437. The largest absolute Gasteiger partial charge is 0.457 e. The summed E-state index contributed by atoms with van der Waals surface area (Å²) in [5.74, 6) is 3.41. The lowest BCUT2D eigenvalue weighted by Crippen LogP contribution is -2.32. The van der Waals surface area contributed by atoms with Gasteiger partial charge in [0.25, 0.3) is 0 Å². The molecule has 54 heavy (non-hydrogen) atoms.